The third kappa shape index (κ3) is 3.36. The molecule has 28 heavy (non-hydrogen) atoms. The topological polar surface area (TPSA) is 32.8 Å². The Morgan fingerprint density at radius 2 is 1.71 bits per heavy atom. The smallest absolute Gasteiger partial charge is 0.274 e. The molecule has 0 spiro atoms. The minimum atomic E-state index is -0.194. The number of nitrogens with zero attached hydrogens (tertiary/aromatic N) is 2. The summed E-state index contributed by atoms with van der Waals surface area (Å²) in [4.78, 5) is 17.8. The van der Waals surface area contributed by atoms with Gasteiger partial charge >= 0.3 is 0 Å². The number of likely N-dealkylation sites (tertiary alicyclic amines) is 1. The van der Waals surface area contributed by atoms with Crippen molar-refractivity contribution >= 4 is 22.4 Å². The molecule has 1 saturated heterocycles. The van der Waals surface area contributed by atoms with Gasteiger partial charge in [-0.25, -0.2) is 0 Å². The van der Waals surface area contributed by atoms with Gasteiger partial charge < -0.3 is 14.5 Å². The monoisotopic (exact) mass is 378 g/mol. The van der Waals surface area contributed by atoms with Gasteiger partial charge in [-0.2, -0.15) is 0 Å². The first-order chi connectivity index (χ1) is 13.4. The number of fused-ring (bicyclic) bond motifs is 1. The van der Waals surface area contributed by atoms with E-state index in [0.29, 0.717) is 18.3 Å². The largest absolute Gasteiger partial charge is 0.470 e. The van der Waals surface area contributed by atoms with Crippen molar-refractivity contribution in [2.45, 2.75) is 46.1 Å². The fourth-order valence-electron chi connectivity index (χ4n) is 4.12. The molecule has 0 atom stereocenters. The van der Waals surface area contributed by atoms with Gasteiger partial charge in [0.2, 0.25) is 0 Å². The van der Waals surface area contributed by atoms with Gasteiger partial charge in [-0.05, 0) is 50.3 Å². The minimum absolute atomic E-state index is 0.0993. The summed E-state index contributed by atoms with van der Waals surface area (Å²) < 4.78 is 6.19. The molecule has 4 heteroatoms. The summed E-state index contributed by atoms with van der Waals surface area (Å²) in [6.45, 7) is 10.7. The number of amides is 1. The van der Waals surface area contributed by atoms with Crippen LogP contribution < -0.4 is 0 Å². The third-order valence-electron chi connectivity index (χ3n) is 5.94. The van der Waals surface area contributed by atoms with Crippen LogP contribution in [0.4, 0.5) is 0 Å². The molecular formula is C24H30N2O2. The van der Waals surface area contributed by atoms with Gasteiger partial charge in [0, 0.05) is 24.2 Å². The molecule has 2 aliphatic heterocycles. The summed E-state index contributed by atoms with van der Waals surface area (Å²) in [6.07, 6.45) is 2.14. The maximum atomic E-state index is 13.6. The Morgan fingerprint density at radius 1 is 1.04 bits per heavy atom. The Labute approximate surface area is 167 Å². The van der Waals surface area contributed by atoms with E-state index < -0.39 is 0 Å². The van der Waals surface area contributed by atoms with E-state index in [1.807, 2.05) is 23.1 Å². The van der Waals surface area contributed by atoms with Gasteiger partial charge in [0.25, 0.3) is 5.91 Å². The molecule has 0 bridgehead atoms. The molecule has 2 aromatic carbocycles. The van der Waals surface area contributed by atoms with Gasteiger partial charge in [-0.15, -0.1) is 0 Å². The number of hydrogen-bond donors (Lipinski definition) is 0. The van der Waals surface area contributed by atoms with Crippen molar-refractivity contribution in [3.05, 3.63) is 53.7 Å². The molecule has 0 aromatic heterocycles. The minimum Gasteiger partial charge on any atom is -0.470 e. The van der Waals surface area contributed by atoms with Crippen LogP contribution in [0.15, 0.2) is 48.2 Å². The van der Waals surface area contributed by atoms with Crippen LogP contribution in [0.2, 0.25) is 0 Å². The zero-order valence-electron chi connectivity index (χ0n) is 17.4. The average Bonchev–Trinajstić information content (AvgIpc) is 3.13. The molecule has 2 heterocycles. The maximum Gasteiger partial charge on any atom is 0.274 e. The number of hydrogen-bond acceptors (Lipinski definition) is 3. The van der Waals surface area contributed by atoms with E-state index in [2.05, 4.69) is 56.9 Å². The lowest BCUT2D eigenvalue weighted by atomic mass is 9.97. The predicted molar refractivity (Wildman–Crippen MR) is 113 cm³/mol. The van der Waals surface area contributed by atoms with Crippen LogP contribution in [-0.4, -0.2) is 41.1 Å². The van der Waals surface area contributed by atoms with Crippen molar-refractivity contribution in [2.75, 3.05) is 19.8 Å². The SMILES string of the molecule is CC1CCN(C(=O)C2=C(c3cccc4ccccc34)OCN2C(C)(C)C)CC1. The number of carbonyl (C=O) groups excluding carboxylic acids is 1. The highest BCUT2D eigenvalue weighted by Gasteiger charge is 2.39. The highest BCUT2D eigenvalue weighted by Crippen LogP contribution is 2.38. The van der Waals surface area contributed by atoms with Crippen molar-refractivity contribution in [3.63, 3.8) is 0 Å². The molecule has 4 rings (SSSR count). The molecule has 0 saturated carbocycles. The Hall–Kier alpha value is -2.49. The van der Waals surface area contributed by atoms with E-state index in [9.17, 15) is 4.79 Å². The highest BCUT2D eigenvalue weighted by atomic mass is 16.5. The van der Waals surface area contributed by atoms with Crippen molar-refractivity contribution in [1.82, 2.24) is 9.80 Å². The molecule has 0 N–H and O–H groups in total. The number of piperidine rings is 1. The van der Waals surface area contributed by atoms with Crippen LogP contribution in [0.1, 0.15) is 46.1 Å². The lowest BCUT2D eigenvalue weighted by Crippen LogP contribution is -2.46. The summed E-state index contributed by atoms with van der Waals surface area (Å²) in [5, 5.41) is 2.28. The average molecular weight is 379 g/mol. The quantitative estimate of drug-likeness (QED) is 0.748. The Balaban J connectivity index is 1.83. The van der Waals surface area contributed by atoms with Gasteiger partial charge in [0.15, 0.2) is 12.5 Å². The second kappa shape index (κ2) is 7.16. The molecule has 0 aliphatic carbocycles. The van der Waals surface area contributed by atoms with Crippen molar-refractivity contribution in [2.24, 2.45) is 5.92 Å². The predicted octanol–water partition coefficient (Wildman–Crippen LogP) is 4.86. The van der Waals surface area contributed by atoms with Gasteiger partial charge in [-0.3, -0.25) is 4.79 Å². The van der Waals surface area contributed by atoms with Crippen molar-refractivity contribution in [3.8, 4) is 0 Å². The van der Waals surface area contributed by atoms with Gasteiger partial charge in [-0.1, -0.05) is 49.4 Å². The lowest BCUT2D eigenvalue weighted by molar-refractivity contribution is -0.130. The summed E-state index contributed by atoms with van der Waals surface area (Å²) >= 11 is 0. The zero-order chi connectivity index (χ0) is 19.9. The molecule has 4 nitrogen and oxygen atoms in total. The van der Waals surface area contributed by atoms with Gasteiger partial charge in [0.1, 0.15) is 5.70 Å². The maximum absolute atomic E-state index is 13.6. The first-order valence-corrected chi connectivity index (χ1v) is 10.3. The summed E-state index contributed by atoms with van der Waals surface area (Å²) in [5.74, 6) is 1.51. The van der Waals surface area contributed by atoms with E-state index in [-0.39, 0.29) is 11.4 Å². The van der Waals surface area contributed by atoms with Crippen LogP contribution in [0.5, 0.6) is 0 Å². The molecule has 2 aliphatic rings. The van der Waals surface area contributed by atoms with Crippen LogP contribution >= 0.6 is 0 Å². The fraction of sp³-hybridized carbons (Fsp3) is 0.458. The van der Waals surface area contributed by atoms with Crippen LogP contribution in [-0.2, 0) is 9.53 Å². The number of ether oxygens (including phenoxy) is 1. The Morgan fingerprint density at radius 3 is 2.43 bits per heavy atom. The molecule has 2 aromatic rings. The highest BCUT2D eigenvalue weighted by molar-refractivity contribution is 6.04. The summed E-state index contributed by atoms with van der Waals surface area (Å²) in [7, 11) is 0. The lowest BCUT2D eigenvalue weighted by Gasteiger charge is -2.37. The van der Waals surface area contributed by atoms with E-state index in [1.165, 1.54) is 0 Å². The standard InChI is InChI=1S/C24H30N2O2/c1-17-12-14-25(15-13-17)23(27)21-22(28-16-26(21)24(2,3)4)20-11-7-9-18-8-5-6-10-19(18)20/h5-11,17H,12-16H2,1-4H3. The molecule has 1 amide bonds. The van der Waals surface area contributed by atoms with Gasteiger partial charge in [0.05, 0.1) is 0 Å². The fourth-order valence-corrected chi connectivity index (χ4v) is 4.12. The second-order valence-corrected chi connectivity index (χ2v) is 9.05. The summed E-state index contributed by atoms with van der Waals surface area (Å²) in [5.41, 5.74) is 1.51. The van der Waals surface area contributed by atoms with Crippen LogP contribution in [0.3, 0.4) is 0 Å². The molecular weight excluding hydrogens is 348 g/mol. The number of rotatable bonds is 2. The Bertz CT molecular complexity index is 912. The van der Waals surface area contributed by atoms with Crippen LogP contribution in [0.25, 0.3) is 16.5 Å². The van der Waals surface area contributed by atoms with E-state index in [0.717, 1.165) is 48.0 Å². The number of carbonyl (C=O) groups is 1. The Kier molecular flexibility index (Phi) is 4.82. The van der Waals surface area contributed by atoms with Crippen LogP contribution in [0, 0.1) is 5.92 Å². The van der Waals surface area contributed by atoms with E-state index >= 15 is 0 Å². The summed E-state index contributed by atoms with van der Waals surface area (Å²) in [6, 6.07) is 14.5. The van der Waals surface area contributed by atoms with E-state index in [1.54, 1.807) is 0 Å². The second-order valence-electron chi connectivity index (χ2n) is 9.05. The first kappa shape index (κ1) is 18.9. The molecule has 0 unspecified atom stereocenters. The van der Waals surface area contributed by atoms with E-state index in [4.69, 9.17) is 4.74 Å². The molecule has 148 valence electrons. The molecule has 0 radical (unpaired) electrons. The normalized spacial score (nSPS) is 18.7. The first-order valence-electron chi connectivity index (χ1n) is 10.3. The number of benzene rings is 2. The van der Waals surface area contributed by atoms with Crippen molar-refractivity contribution < 1.29 is 9.53 Å². The molecule has 1 fully saturated rings. The van der Waals surface area contributed by atoms with Crippen molar-refractivity contribution in [1.29, 1.82) is 0 Å². The zero-order valence-corrected chi connectivity index (χ0v) is 17.4. The third-order valence-corrected chi connectivity index (χ3v) is 5.94.